The van der Waals surface area contributed by atoms with Crippen molar-refractivity contribution in [3.63, 3.8) is 0 Å². The van der Waals surface area contributed by atoms with E-state index >= 15 is 0 Å². The highest BCUT2D eigenvalue weighted by molar-refractivity contribution is 7.89. The van der Waals surface area contributed by atoms with Gasteiger partial charge in [-0.2, -0.15) is 5.10 Å². The molecule has 4 rings (SSSR count). The fourth-order valence-corrected chi connectivity index (χ4v) is 5.39. The van der Waals surface area contributed by atoms with Crippen molar-refractivity contribution in [3.05, 3.63) is 76.6 Å². The van der Waals surface area contributed by atoms with Crippen LogP contribution < -0.4 is 10.2 Å². The lowest BCUT2D eigenvalue weighted by Gasteiger charge is -2.22. The summed E-state index contributed by atoms with van der Waals surface area (Å²) in [6.45, 7) is 6.62. The summed E-state index contributed by atoms with van der Waals surface area (Å²) in [6, 6.07) is 15.0. The Kier molecular flexibility index (Phi) is 7.28. The Morgan fingerprint density at radius 3 is 2.40 bits per heavy atom. The van der Waals surface area contributed by atoms with E-state index in [0.29, 0.717) is 18.7 Å². The quantitative estimate of drug-likeness (QED) is 0.518. The number of nitrogens with one attached hydrogen (secondary N) is 1. The van der Waals surface area contributed by atoms with E-state index in [1.807, 2.05) is 36.7 Å². The number of aromatic nitrogens is 2. The van der Waals surface area contributed by atoms with Crippen molar-refractivity contribution < 1.29 is 13.2 Å². The molecule has 0 aliphatic carbocycles. The number of benzene rings is 2. The number of carbonyl (C=O) groups excluding carboxylic acids is 1. The van der Waals surface area contributed by atoms with Gasteiger partial charge in [0, 0.05) is 50.7 Å². The number of nitrogens with zero attached hydrogens (tertiary/aromatic N) is 4. The molecule has 1 fully saturated rings. The molecule has 0 spiro atoms. The number of carbonyl (C=O) groups is 1. The van der Waals surface area contributed by atoms with Crippen molar-refractivity contribution in [1.82, 2.24) is 19.4 Å². The molecule has 1 saturated heterocycles. The Balaban J connectivity index is 1.59. The number of sulfonamides is 1. The number of hydrogen-bond donors (Lipinski definition) is 1. The first-order valence-corrected chi connectivity index (χ1v) is 13.3. The Morgan fingerprint density at radius 2 is 1.74 bits per heavy atom. The fraction of sp³-hybridized carbons (Fsp3) is 0.385. The van der Waals surface area contributed by atoms with Gasteiger partial charge in [-0.1, -0.05) is 30.3 Å². The molecular formula is C26H33N5O3S. The molecule has 0 radical (unpaired) electrons. The number of rotatable bonds is 8. The minimum atomic E-state index is -3.66. The molecule has 186 valence electrons. The zero-order valence-corrected chi connectivity index (χ0v) is 21.6. The molecule has 1 N–H and O–H groups in total. The zero-order chi connectivity index (χ0) is 25.2. The first-order chi connectivity index (χ1) is 16.7. The molecule has 1 aromatic heterocycles. The number of aryl methyl sites for hydroxylation is 1. The molecule has 3 aromatic rings. The average Bonchev–Trinajstić information content (AvgIpc) is 3.46. The van der Waals surface area contributed by atoms with Crippen LogP contribution in [0.3, 0.4) is 0 Å². The van der Waals surface area contributed by atoms with Crippen LogP contribution in [0.2, 0.25) is 0 Å². The molecule has 2 heterocycles. The van der Waals surface area contributed by atoms with E-state index in [9.17, 15) is 13.2 Å². The Bertz CT molecular complexity index is 1310. The molecule has 0 saturated carbocycles. The van der Waals surface area contributed by atoms with Crippen LogP contribution in [0.15, 0.2) is 53.4 Å². The second kappa shape index (κ2) is 10.2. The molecular weight excluding hydrogens is 462 g/mol. The zero-order valence-electron chi connectivity index (χ0n) is 20.8. The van der Waals surface area contributed by atoms with Crippen LogP contribution in [-0.4, -0.2) is 55.6 Å². The summed E-state index contributed by atoms with van der Waals surface area (Å²) in [5.74, 6) is -0.294. The highest BCUT2D eigenvalue weighted by atomic mass is 32.2. The highest BCUT2D eigenvalue weighted by Crippen LogP contribution is 2.28. The van der Waals surface area contributed by atoms with Crippen molar-refractivity contribution in [2.24, 2.45) is 0 Å². The van der Waals surface area contributed by atoms with Gasteiger partial charge < -0.3 is 10.2 Å². The Labute approximate surface area is 207 Å². The summed E-state index contributed by atoms with van der Waals surface area (Å²) >= 11 is 0. The molecule has 35 heavy (non-hydrogen) atoms. The molecule has 1 amide bonds. The third-order valence-corrected chi connectivity index (χ3v) is 8.38. The summed E-state index contributed by atoms with van der Waals surface area (Å²) in [7, 11) is -0.682. The third-order valence-electron chi connectivity index (χ3n) is 6.57. The molecule has 0 unspecified atom stereocenters. The van der Waals surface area contributed by atoms with Gasteiger partial charge in [0.2, 0.25) is 10.0 Å². The Morgan fingerprint density at radius 1 is 1.06 bits per heavy atom. The summed E-state index contributed by atoms with van der Waals surface area (Å²) in [6.07, 6.45) is 2.11. The number of amides is 1. The van der Waals surface area contributed by atoms with Crippen LogP contribution >= 0.6 is 0 Å². The minimum absolute atomic E-state index is 0.110. The average molecular weight is 496 g/mol. The van der Waals surface area contributed by atoms with Crippen molar-refractivity contribution in [2.45, 2.75) is 44.7 Å². The largest absolute Gasteiger partial charge is 0.371 e. The standard InChI is InChI=1S/C26H33N5O3S/c1-19-24(20(2)31(28-19)18-21-10-6-5-7-11-21)17-27-26(32)23-16-22(35(33,34)29(3)4)12-13-25(23)30-14-8-9-15-30/h5-7,10-13,16H,8-9,14-15,17-18H2,1-4H3,(H,27,32). The van der Waals surface area contributed by atoms with E-state index in [1.54, 1.807) is 12.1 Å². The van der Waals surface area contributed by atoms with Crippen LogP contribution in [0.4, 0.5) is 5.69 Å². The van der Waals surface area contributed by atoms with Gasteiger partial charge in [-0.25, -0.2) is 12.7 Å². The monoisotopic (exact) mass is 495 g/mol. The third kappa shape index (κ3) is 5.26. The topological polar surface area (TPSA) is 87.5 Å². The van der Waals surface area contributed by atoms with Crippen molar-refractivity contribution in [1.29, 1.82) is 0 Å². The number of hydrogen-bond acceptors (Lipinski definition) is 5. The second-order valence-corrected chi connectivity index (χ2v) is 11.3. The molecule has 1 aliphatic heterocycles. The molecule has 8 nitrogen and oxygen atoms in total. The molecule has 9 heteroatoms. The summed E-state index contributed by atoms with van der Waals surface area (Å²) < 4.78 is 28.6. The van der Waals surface area contributed by atoms with Crippen LogP contribution in [0.1, 0.15) is 45.7 Å². The summed E-state index contributed by atoms with van der Waals surface area (Å²) in [5.41, 5.74) is 5.13. The van der Waals surface area contributed by atoms with Crippen LogP contribution in [0.25, 0.3) is 0 Å². The maximum Gasteiger partial charge on any atom is 0.253 e. The first kappa shape index (κ1) is 24.9. The fourth-order valence-electron chi connectivity index (χ4n) is 4.47. The lowest BCUT2D eigenvalue weighted by Crippen LogP contribution is -2.29. The van der Waals surface area contributed by atoms with E-state index in [0.717, 1.165) is 58.4 Å². The van der Waals surface area contributed by atoms with Crippen molar-refractivity contribution >= 4 is 21.6 Å². The normalized spacial score (nSPS) is 14.0. The molecule has 0 atom stereocenters. The summed E-state index contributed by atoms with van der Waals surface area (Å²) in [5, 5.41) is 7.69. The van der Waals surface area contributed by atoms with Crippen LogP contribution in [-0.2, 0) is 23.1 Å². The SMILES string of the molecule is Cc1nn(Cc2ccccc2)c(C)c1CNC(=O)c1cc(S(=O)(=O)N(C)C)ccc1N1CCCC1. The van der Waals surface area contributed by atoms with Gasteiger partial charge >= 0.3 is 0 Å². The smallest absolute Gasteiger partial charge is 0.253 e. The molecule has 2 aromatic carbocycles. The predicted molar refractivity (Wildman–Crippen MR) is 137 cm³/mol. The van der Waals surface area contributed by atoms with Gasteiger partial charge in [0.1, 0.15) is 0 Å². The van der Waals surface area contributed by atoms with E-state index in [-0.39, 0.29) is 10.8 Å². The first-order valence-electron chi connectivity index (χ1n) is 11.8. The maximum atomic E-state index is 13.4. The molecule has 0 bridgehead atoms. The Hall–Kier alpha value is -3.17. The van der Waals surface area contributed by atoms with E-state index in [1.165, 1.54) is 20.2 Å². The minimum Gasteiger partial charge on any atom is -0.371 e. The van der Waals surface area contributed by atoms with E-state index < -0.39 is 10.0 Å². The van der Waals surface area contributed by atoms with Crippen molar-refractivity contribution in [2.75, 3.05) is 32.1 Å². The number of anilines is 1. The van der Waals surface area contributed by atoms with Crippen molar-refractivity contribution in [3.8, 4) is 0 Å². The van der Waals surface area contributed by atoms with Crippen LogP contribution in [0.5, 0.6) is 0 Å². The van der Waals surface area contributed by atoms with Gasteiger partial charge in [0.05, 0.1) is 22.7 Å². The van der Waals surface area contributed by atoms with Gasteiger partial charge in [-0.05, 0) is 50.5 Å². The second-order valence-electron chi connectivity index (χ2n) is 9.14. The van der Waals surface area contributed by atoms with E-state index in [2.05, 4.69) is 27.4 Å². The maximum absolute atomic E-state index is 13.4. The van der Waals surface area contributed by atoms with Gasteiger partial charge in [-0.15, -0.1) is 0 Å². The van der Waals surface area contributed by atoms with Gasteiger partial charge in [0.15, 0.2) is 0 Å². The summed E-state index contributed by atoms with van der Waals surface area (Å²) in [4.78, 5) is 15.6. The highest BCUT2D eigenvalue weighted by Gasteiger charge is 2.25. The lowest BCUT2D eigenvalue weighted by molar-refractivity contribution is 0.0951. The predicted octanol–water partition coefficient (Wildman–Crippen LogP) is 3.33. The molecule has 1 aliphatic rings. The van der Waals surface area contributed by atoms with Crippen LogP contribution in [0, 0.1) is 13.8 Å². The lowest BCUT2D eigenvalue weighted by atomic mass is 10.1. The van der Waals surface area contributed by atoms with E-state index in [4.69, 9.17) is 0 Å². The van der Waals surface area contributed by atoms with Gasteiger partial charge in [0.25, 0.3) is 5.91 Å². The van der Waals surface area contributed by atoms with Gasteiger partial charge in [-0.3, -0.25) is 9.48 Å².